The maximum Gasteiger partial charge on any atom is 0.343 e. The third kappa shape index (κ3) is 10.5. The van der Waals surface area contributed by atoms with E-state index in [9.17, 15) is 43.5 Å². The summed E-state index contributed by atoms with van der Waals surface area (Å²) in [7, 11) is 0. The Kier molecular flexibility index (Phi) is 14.2. The summed E-state index contributed by atoms with van der Waals surface area (Å²) in [6.07, 6.45) is 0.643. The maximum absolute atomic E-state index is 15.4. The zero-order valence-corrected chi connectivity index (χ0v) is 38.4. The Bertz CT molecular complexity index is 2740. The SMILES string of the molecule is CC[C@@]1(O)C(=O)OCc2c1cc1n(c2=O)Cc2c-1nc1cc(F)c(C)c3c1c2[C@@H](NC(=O)CCCC(=O)CNC(=O)[C@@H](CC(=O)CNC(=O)CCC(=O)OC(C)(C)C)Cc1ccccc1)CC3. The van der Waals surface area contributed by atoms with Crippen molar-refractivity contribution in [2.75, 3.05) is 13.1 Å². The fraction of sp³-hybridized carbons (Fsp3) is 0.460. The third-order valence-electron chi connectivity index (χ3n) is 12.7. The van der Waals surface area contributed by atoms with Crippen molar-refractivity contribution in [3.63, 3.8) is 0 Å². The van der Waals surface area contributed by atoms with Crippen molar-refractivity contribution in [2.24, 2.45) is 5.92 Å². The number of halogens is 1. The number of pyridine rings is 2. The van der Waals surface area contributed by atoms with Gasteiger partial charge in [-0.15, -0.1) is 0 Å². The highest BCUT2D eigenvalue weighted by Crippen LogP contribution is 2.46. The van der Waals surface area contributed by atoms with E-state index in [0.717, 1.165) is 11.1 Å². The quantitative estimate of drug-likeness (QED) is 0.0889. The van der Waals surface area contributed by atoms with Gasteiger partial charge in [0.1, 0.15) is 18.0 Å². The molecular formula is C50H56FN5O11. The van der Waals surface area contributed by atoms with Crippen LogP contribution < -0.4 is 21.5 Å². The van der Waals surface area contributed by atoms with E-state index in [-0.39, 0.29) is 100 Å². The summed E-state index contributed by atoms with van der Waals surface area (Å²) in [6.45, 7) is 7.59. The molecule has 3 amide bonds. The number of esters is 2. The standard InChI is InChI=1S/C50H56FN5O11/c1-6-50(65)35-21-39-45-33(25-56(39)47(63)34(35)26-66-48(50)64)44-37(16-15-32-27(2)36(51)22-38(55-45)43(32)44)54-41(60)14-10-13-30(57)23-53-46(62)29(19-28-11-8-7-9-12-28)20-31(58)24-52-40(59)17-18-42(61)67-49(3,4)5/h7-9,11-12,21-22,29,37,65H,6,10,13-20,23-26H2,1-5H3,(H,52,59)(H,53,62)(H,54,60)/t29-,37+,50+/m1/s1. The summed E-state index contributed by atoms with van der Waals surface area (Å²) < 4.78 is 27.3. The van der Waals surface area contributed by atoms with Gasteiger partial charge in [-0.2, -0.15) is 0 Å². The largest absolute Gasteiger partial charge is 0.460 e. The van der Waals surface area contributed by atoms with Crippen LogP contribution in [0.15, 0.2) is 47.3 Å². The number of hydrogen-bond donors (Lipinski definition) is 4. The van der Waals surface area contributed by atoms with Gasteiger partial charge in [-0.1, -0.05) is 37.3 Å². The molecule has 0 radical (unpaired) electrons. The van der Waals surface area contributed by atoms with Gasteiger partial charge in [0.05, 0.1) is 54.6 Å². The van der Waals surface area contributed by atoms with E-state index in [0.29, 0.717) is 51.8 Å². The fourth-order valence-corrected chi connectivity index (χ4v) is 9.23. The first-order valence-corrected chi connectivity index (χ1v) is 22.7. The number of ether oxygens (including phenoxy) is 2. The van der Waals surface area contributed by atoms with Crippen LogP contribution in [0.3, 0.4) is 0 Å². The summed E-state index contributed by atoms with van der Waals surface area (Å²) >= 11 is 0. The second-order valence-electron chi connectivity index (χ2n) is 18.6. The van der Waals surface area contributed by atoms with Crippen LogP contribution in [0.2, 0.25) is 0 Å². The van der Waals surface area contributed by atoms with Gasteiger partial charge in [0.15, 0.2) is 17.2 Å². The fourth-order valence-electron chi connectivity index (χ4n) is 9.23. The molecule has 16 nitrogen and oxygen atoms in total. The number of aliphatic hydroxyl groups is 1. The van der Waals surface area contributed by atoms with Gasteiger partial charge in [0.2, 0.25) is 17.7 Å². The van der Waals surface area contributed by atoms with Gasteiger partial charge in [-0.3, -0.25) is 33.6 Å². The number of carbonyl (C=O) groups excluding carboxylic acids is 7. The minimum absolute atomic E-state index is 0.0213. The number of hydrogen-bond acceptors (Lipinski definition) is 12. The predicted octanol–water partition coefficient (Wildman–Crippen LogP) is 4.54. The van der Waals surface area contributed by atoms with Gasteiger partial charge in [0.25, 0.3) is 5.56 Å². The Labute approximate surface area is 386 Å². The molecule has 67 heavy (non-hydrogen) atoms. The van der Waals surface area contributed by atoms with E-state index < -0.39 is 64.1 Å². The first kappa shape index (κ1) is 48.3. The lowest BCUT2D eigenvalue weighted by atomic mass is 9.81. The van der Waals surface area contributed by atoms with Gasteiger partial charge in [-0.25, -0.2) is 14.2 Å². The highest BCUT2D eigenvalue weighted by Gasteiger charge is 2.46. The molecule has 4 heterocycles. The second-order valence-corrected chi connectivity index (χ2v) is 18.6. The molecule has 0 spiro atoms. The monoisotopic (exact) mass is 921 g/mol. The van der Waals surface area contributed by atoms with Crippen LogP contribution in [-0.4, -0.2) is 74.6 Å². The van der Waals surface area contributed by atoms with Gasteiger partial charge in [-0.05, 0) is 88.1 Å². The number of ketones is 2. The lowest BCUT2D eigenvalue weighted by Gasteiger charge is -2.31. The lowest BCUT2D eigenvalue weighted by Crippen LogP contribution is -2.44. The molecule has 354 valence electrons. The zero-order valence-electron chi connectivity index (χ0n) is 38.4. The van der Waals surface area contributed by atoms with Gasteiger partial charge in [0, 0.05) is 54.2 Å². The van der Waals surface area contributed by atoms with Crippen molar-refractivity contribution in [3.05, 3.63) is 97.6 Å². The highest BCUT2D eigenvalue weighted by atomic mass is 19.1. The van der Waals surface area contributed by atoms with Crippen LogP contribution in [0.25, 0.3) is 22.3 Å². The van der Waals surface area contributed by atoms with E-state index in [1.54, 1.807) is 52.8 Å². The topological polar surface area (TPSA) is 229 Å². The summed E-state index contributed by atoms with van der Waals surface area (Å²) in [5, 5.41) is 20.3. The van der Waals surface area contributed by atoms with E-state index in [1.165, 1.54) is 10.6 Å². The molecule has 7 rings (SSSR count). The summed E-state index contributed by atoms with van der Waals surface area (Å²) in [5.74, 6) is -4.78. The molecule has 0 bridgehead atoms. The van der Waals surface area contributed by atoms with E-state index in [1.807, 2.05) is 18.2 Å². The molecule has 0 saturated carbocycles. The molecule has 3 aliphatic rings. The molecule has 3 atom stereocenters. The molecule has 2 aromatic heterocycles. The van der Waals surface area contributed by atoms with Crippen molar-refractivity contribution in [3.8, 4) is 11.4 Å². The Morgan fingerprint density at radius 2 is 1.69 bits per heavy atom. The number of nitrogens with one attached hydrogen (secondary N) is 3. The van der Waals surface area contributed by atoms with Crippen LogP contribution in [0.4, 0.5) is 4.39 Å². The molecular weight excluding hydrogens is 866 g/mol. The number of Topliss-reactive ketones (excluding diaryl/α,β-unsaturated/α-hetero) is 2. The number of cyclic esters (lactones) is 1. The van der Waals surface area contributed by atoms with Gasteiger partial charge >= 0.3 is 11.9 Å². The summed E-state index contributed by atoms with van der Waals surface area (Å²) in [5.41, 5.74) is 1.62. The molecule has 17 heteroatoms. The van der Waals surface area contributed by atoms with Crippen LogP contribution in [0, 0.1) is 18.7 Å². The normalized spacial score (nSPS) is 17.4. The van der Waals surface area contributed by atoms with Crippen molar-refractivity contribution in [2.45, 2.75) is 129 Å². The zero-order chi connectivity index (χ0) is 48.4. The Morgan fingerprint density at radius 3 is 2.40 bits per heavy atom. The first-order valence-electron chi connectivity index (χ1n) is 22.7. The Balaban J connectivity index is 0.973. The highest BCUT2D eigenvalue weighted by molar-refractivity contribution is 5.95. The van der Waals surface area contributed by atoms with Crippen molar-refractivity contribution >= 4 is 52.1 Å². The summed E-state index contributed by atoms with van der Waals surface area (Å²) in [6, 6.07) is 11.4. The molecule has 0 unspecified atom stereocenters. The molecule has 2 aliphatic heterocycles. The molecule has 1 aliphatic carbocycles. The number of fused-ring (bicyclic) bond motifs is 5. The van der Waals surface area contributed by atoms with Crippen molar-refractivity contribution in [1.29, 1.82) is 0 Å². The minimum atomic E-state index is -2.03. The second kappa shape index (κ2) is 19.7. The summed E-state index contributed by atoms with van der Waals surface area (Å²) in [4.78, 5) is 109. The lowest BCUT2D eigenvalue weighted by molar-refractivity contribution is -0.172. The van der Waals surface area contributed by atoms with Crippen LogP contribution in [-0.2, 0) is 74.6 Å². The molecule has 2 aromatic carbocycles. The third-order valence-corrected chi connectivity index (χ3v) is 12.7. The average molecular weight is 922 g/mol. The molecule has 0 fully saturated rings. The van der Waals surface area contributed by atoms with Crippen LogP contribution in [0.1, 0.15) is 124 Å². The average Bonchev–Trinajstić information content (AvgIpc) is 3.65. The number of carbonyl (C=O) groups is 7. The Morgan fingerprint density at radius 1 is 0.955 bits per heavy atom. The maximum atomic E-state index is 15.4. The molecule has 4 aromatic rings. The smallest absolute Gasteiger partial charge is 0.343 e. The minimum Gasteiger partial charge on any atom is -0.460 e. The van der Waals surface area contributed by atoms with Gasteiger partial charge < -0.3 is 35.1 Å². The van der Waals surface area contributed by atoms with Crippen molar-refractivity contribution in [1.82, 2.24) is 25.5 Å². The number of nitrogens with zero attached hydrogens (tertiary/aromatic N) is 2. The Hall–Kier alpha value is -6.62. The van der Waals surface area contributed by atoms with E-state index >= 15 is 4.39 Å². The predicted molar refractivity (Wildman–Crippen MR) is 242 cm³/mol. The number of rotatable bonds is 18. The molecule has 4 N–H and O–H groups in total. The van der Waals surface area contributed by atoms with Crippen LogP contribution >= 0.6 is 0 Å². The van der Waals surface area contributed by atoms with E-state index in [4.69, 9.17) is 14.5 Å². The molecule has 0 saturated heterocycles. The van der Waals surface area contributed by atoms with E-state index in [2.05, 4.69) is 16.0 Å². The number of amides is 3. The number of aromatic nitrogens is 2. The number of aryl methyl sites for hydroxylation is 1. The number of benzene rings is 2. The first-order chi connectivity index (χ1) is 31.8. The van der Waals surface area contributed by atoms with Crippen LogP contribution in [0.5, 0.6) is 0 Å². The van der Waals surface area contributed by atoms with Crippen molar-refractivity contribution < 1.29 is 52.5 Å².